The molecule has 2 unspecified atom stereocenters. The average Bonchev–Trinajstić information content (AvgIpc) is 2.53. The third-order valence-corrected chi connectivity index (χ3v) is 4.04. The first-order valence-corrected chi connectivity index (χ1v) is 8.10. The number of amides is 2. The van der Waals surface area contributed by atoms with Gasteiger partial charge in [0.05, 0.1) is 6.61 Å². The zero-order valence-electron chi connectivity index (χ0n) is 14.1. The van der Waals surface area contributed by atoms with Gasteiger partial charge in [-0.2, -0.15) is 13.2 Å². The Hall–Kier alpha value is -2.25. The lowest BCUT2D eigenvalue weighted by Crippen LogP contribution is -2.58. The van der Waals surface area contributed by atoms with Crippen LogP contribution in [0.5, 0.6) is 5.75 Å². The normalized spacial score (nSPS) is 20.9. The van der Waals surface area contributed by atoms with Gasteiger partial charge in [-0.3, -0.25) is 9.59 Å². The average molecular weight is 358 g/mol. The second-order valence-electron chi connectivity index (χ2n) is 5.95. The van der Waals surface area contributed by atoms with Crippen molar-refractivity contribution < 1.29 is 27.5 Å². The van der Waals surface area contributed by atoms with Crippen LogP contribution < -0.4 is 10.1 Å². The molecule has 1 aliphatic heterocycles. The summed E-state index contributed by atoms with van der Waals surface area (Å²) < 4.78 is 45.2. The van der Waals surface area contributed by atoms with Gasteiger partial charge in [0, 0.05) is 25.1 Å². The number of halogens is 3. The summed E-state index contributed by atoms with van der Waals surface area (Å²) in [6.07, 6.45) is -4.57. The Balaban J connectivity index is 2.22. The van der Waals surface area contributed by atoms with Crippen molar-refractivity contribution in [3.05, 3.63) is 29.8 Å². The second-order valence-corrected chi connectivity index (χ2v) is 5.95. The summed E-state index contributed by atoms with van der Waals surface area (Å²) in [5.74, 6) is -0.495. The standard InChI is InChI=1S/C17H21F3N2O3/c1-3-25-14-7-4-12(5-8-14)16(24)22-10-13(21-11(2)23)6-9-15(22)17(18,19)20/h4-5,7-8,13,15H,3,6,9-10H2,1-2H3,(H,21,23). The third kappa shape index (κ3) is 4.87. The SMILES string of the molecule is CCOc1ccc(C(=O)N2CC(NC(C)=O)CCC2C(F)(F)F)cc1. The van der Waals surface area contributed by atoms with Crippen LogP contribution in [0.2, 0.25) is 0 Å². The van der Waals surface area contributed by atoms with Crippen molar-refractivity contribution in [2.24, 2.45) is 0 Å². The first kappa shape index (κ1) is 19.1. The van der Waals surface area contributed by atoms with Crippen molar-refractivity contribution >= 4 is 11.8 Å². The van der Waals surface area contributed by atoms with Gasteiger partial charge in [0.25, 0.3) is 5.91 Å². The first-order valence-electron chi connectivity index (χ1n) is 8.10. The van der Waals surface area contributed by atoms with E-state index in [-0.39, 0.29) is 30.9 Å². The molecule has 1 aliphatic rings. The van der Waals surface area contributed by atoms with Crippen LogP contribution >= 0.6 is 0 Å². The molecule has 25 heavy (non-hydrogen) atoms. The Labute approximate surface area is 144 Å². The second kappa shape index (κ2) is 7.76. The van der Waals surface area contributed by atoms with Crippen LogP contribution in [0, 0.1) is 0 Å². The third-order valence-electron chi connectivity index (χ3n) is 4.04. The molecular formula is C17H21F3N2O3. The Morgan fingerprint density at radius 1 is 1.24 bits per heavy atom. The fourth-order valence-electron chi connectivity index (χ4n) is 2.97. The van der Waals surface area contributed by atoms with Crippen molar-refractivity contribution in [1.82, 2.24) is 10.2 Å². The largest absolute Gasteiger partial charge is 0.494 e. The molecule has 0 aromatic heterocycles. The highest BCUT2D eigenvalue weighted by Gasteiger charge is 2.48. The van der Waals surface area contributed by atoms with E-state index in [1.165, 1.54) is 19.1 Å². The summed E-state index contributed by atoms with van der Waals surface area (Å²) in [4.78, 5) is 24.6. The summed E-state index contributed by atoms with van der Waals surface area (Å²) >= 11 is 0. The highest BCUT2D eigenvalue weighted by Crippen LogP contribution is 2.33. The summed E-state index contributed by atoms with van der Waals surface area (Å²) in [6, 6.07) is 3.66. The summed E-state index contributed by atoms with van der Waals surface area (Å²) in [6.45, 7) is 3.39. The summed E-state index contributed by atoms with van der Waals surface area (Å²) in [5, 5.41) is 2.60. The molecule has 1 fully saturated rings. The zero-order chi connectivity index (χ0) is 18.6. The number of nitrogens with zero attached hydrogens (tertiary/aromatic N) is 1. The van der Waals surface area contributed by atoms with Gasteiger partial charge in [-0.25, -0.2) is 0 Å². The quantitative estimate of drug-likeness (QED) is 0.900. The van der Waals surface area contributed by atoms with Gasteiger partial charge in [0.1, 0.15) is 11.8 Å². The van der Waals surface area contributed by atoms with Crippen LogP contribution in [0.1, 0.15) is 37.0 Å². The number of alkyl halides is 3. The molecule has 8 heteroatoms. The van der Waals surface area contributed by atoms with Gasteiger partial charge in [-0.05, 0) is 44.0 Å². The highest BCUT2D eigenvalue weighted by atomic mass is 19.4. The number of benzene rings is 1. The van der Waals surface area contributed by atoms with Crippen molar-refractivity contribution in [3.63, 3.8) is 0 Å². The maximum atomic E-state index is 13.3. The maximum absolute atomic E-state index is 13.3. The minimum atomic E-state index is -4.51. The molecular weight excluding hydrogens is 337 g/mol. The molecule has 0 bridgehead atoms. The fourth-order valence-corrected chi connectivity index (χ4v) is 2.97. The summed E-state index contributed by atoms with van der Waals surface area (Å²) in [5.41, 5.74) is 0.154. The molecule has 0 spiro atoms. The van der Waals surface area contributed by atoms with E-state index in [2.05, 4.69) is 5.32 Å². The molecule has 0 radical (unpaired) electrons. The van der Waals surface area contributed by atoms with Crippen LogP contribution in [-0.2, 0) is 4.79 Å². The van der Waals surface area contributed by atoms with E-state index < -0.39 is 24.2 Å². The molecule has 5 nitrogen and oxygen atoms in total. The van der Waals surface area contributed by atoms with Crippen molar-refractivity contribution in [3.8, 4) is 5.75 Å². The number of hydrogen-bond acceptors (Lipinski definition) is 3. The van der Waals surface area contributed by atoms with E-state index in [0.717, 1.165) is 4.90 Å². The molecule has 1 aromatic rings. The molecule has 1 heterocycles. The van der Waals surface area contributed by atoms with E-state index >= 15 is 0 Å². The summed E-state index contributed by atoms with van der Waals surface area (Å²) in [7, 11) is 0. The highest BCUT2D eigenvalue weighted by molar-refractivity contribution is 5.94. The van der Waals surface area contributed by atoms with Crippen LogP contribution in [0.4, 0.5) is 13.2 Å². The number of nitrogens with one attached hydrogen (secondary N) is 1. The van der Waals surface area contributed by atoms with Crippen molar-refractivity contribution in [2.75, 3.05) is 13.2 Å². The van der Waals surface area contributed by atoms with Gasteiger partial charge in [-0.15, -0.1) is 0 Å². The zero-order valence-corrected chi connectivity index (χ0v) is 14.1. The molecule has 1 aromatic carbocycles. The minimum absolute atomic E-state index is 0.154. The number of carbonyl (C=O) groups is 2. The molecule has 2 atom stereocenters. The van der Waals surface area contributed by atoms with Gasteiger partial charge in [0.15, 0.2) is 0 Å². The van der Waals surface area contributed by atoms with Crippen LogP contribution in [0.25, 0.3) is 0 Å². The molecule has 0 aliphatic carbocycles. The molecule has 1 N–H and O–H groups in total. The van der Waals surface area contributed by atoms with Gasteiger partial charge in [0.2, 0.25) is 5.91 Å². The topological polar surface area (TPSA) is 58.6 Å². The van der Waals surface area contributed by atoms with Gasteiger partial charge >= 0.3 is 6.18 Å². The van der Waals surface area contributed by atoms with Gasteiger partial charge < -0.3 is 15.0 Å². The Kier molecular flexibility index (Phi) is 5.92. The molecule has 2 amide bonds. The number of rotatable bonds is 4. The van der Waals surface area contributed by atoms with E-state index in [9.17, 15) is 22.8 Å². The first-order chi connectivity index (χ1) is 11.7. The van der Waals surface area contributed by atoms with Crippen molar-refractivity contribution in [2.45, 2.75) is 44.9 Å². The predicted octanol–water partition coefficient (Wildman–Crippen LogP) is 2.76. The Morgan fingerprint density at radius 3 is 2.40 bits per heavy atom. The number of likely N-dealkylation sites (tertiary alicyclic amines) is 1. The molecule has 1 saturated heterocycles. The molecule has 138 valence electrons. The van der Waals surface area contributed by atoms with E-state index in [4.69, 9.17) is 4.74 Å². The van der Waals surface area contributed by atoms with Crippen LogP contribution in [0.3, 0.4) is 0 Å². The van der Waals surface area contributed by atoms with Crippen LogP contribution in [0.15, 0.2) is 24.3 Å². The Bertz CT molecular complexity index is 617. The van der Waals surface area contributed by atoms with Gasteiger partial charge in [-0.1, -0.05) is 0 Å². The van der Waals surface area contributed by atoms with Crippen LogP contribution in [-0.4, -0.2) is 48.1 Å². The van der Waals surface area contributed by atoms with E-state index in [0.29, 0.717) is 12.4 Å². The predicted molar refractivity (Wildman–Crippen MR) is 85.3 cm³/mol. The number of hydrogen-bond donors (Lipinski definition) is 1. The fraction of sp³-hybridized carbons (Fsp3) is 0.529. The smallest absolute Gasteiger partial charge is 0.408 e. The van der Waals surface area contributed by atoms with E-state index in [1.807, 2.05) is 6.92 Å². The molecule has 2 rings (SSSR count). The lowest BCUT2D eigenvalue weighted by atomic mass is 9.96. The lowest BCUT2D eigenvalue weighted by molar-refractivity contribution is -0.184. The Morgan fingerprint density at radius 2 is 1.88 bits per heavy atom. The van der Waals surface area contributed by atoms with E-state index in [1.54, 1.807) is 12.1 Å². The number of ether oxygens (including phenoxy) is 1. The molecule has 0 saturated carbocycles. The number of carbonyl (C=O) groups excluding carboxylic acids is 2. The number of piperidine rings is 1. The maximum Gasteiger partial charge on any atom is 0.408 e. The minimum Gasteiger partial charge on any atom is -0.494 e. The van der Waals surface area contributed by atoms with Crippen molar-refractivity contribution in [1.29, 1.82) is 0 Å². The monoisotopic (exact) mass is 358 g/mol. The lowest BCUT2D eigenvalue weighted by Gasteiger charge is -2.40.